The van der Waals surface area contributed by atoms with Crippen molar-refractivity contribution >= 4 is 45.4 Å². The van der Waals surface area contributed by atoms with Gasteiger partial charge in [-0.2, -0.15) is 0 Å². The van der Waals surface area contributed by atoms with Crippen molar-refractivity contribution in [2.24, 2.45) is 0 Å². The van der Waals surface area contributed by atoms with Gasteiger partial charge in [-0.3, -0.25) is 9.59 Å². The lowest BCUT2D eigenvalue weighted by molar-refractivity contribution is -0.114. The topological polar surface area (TPSA) is 86.9 Å². The SMILES string of the molecule is CC(=O)Nc1cccc(NC(=O)c2csc(-c3cc4ccccc4[nH]3)n2)c1. The van der Waals surface area contributed by atoms with E-state index < -0.39 is 0 Å². The molecule has 4 rings (SSSR count). The zero-order chi connectivity index (χ0) is 18.8. The molecule has 0 spiro atoms. The fraction of sp³-hybridized carbons (Fsp3) is 0.0500. The number of hydrogen-bond donors (Lipinski definition) is 3. The lowest BCUT2D eigenvalue weighted by Crippen LogP contribution is -2.13. The normalized spacial score (nSPS) is 10.7. The molecule has 27 heavy (non-hydrogen) atoms. The van der Waals surface area contributed by atoms with Crippen molar-refractivity contribution in [1.29, 1.82) is 0 Å². The number of anilines is 2. The number of carbonyl (C=O) groups excluding carboxylic acids is 2. The van der Waals surface area contributed by atoms with E-state index in [1.807, 2.05) is 30.3 Å². The van der Waals surface area contributed by atoms with Crippen molar-refractivity contribution in [2.75, 3.05) is 10.6 Å². The number of fused-ring (bicyclic) bond motifs is 1. The second-order valence-corrected chi connectivity index (χ2v) is 6.88. The molecule has 7 heteroatoms. The van der Waals surface area contributed by atoms with Crippen LogP contribution in [0.4, 0.5) is 11.4 Å². The first kappa shape index (κ1) is 17.0. The molecule has 2 heterocycles. The van der Waals surface area contributed by atoms with E-state index in [9.17, 15) is 9.59 Å². The summed E-state index contributed by atoms with van der Waals surface area (Å²) in [5.74, 6) is -0.463. The van der Waals surface area contributed by atoms with Crippen LogP contribution in [0.15, 0.2) is 60.0 Å². The second-order valence-electron chi connectivity index (χ2n) is 6.02. The summed E-state index contributed by atoms with van der Waals surface area (Å²) >= 11 is 1.41. The Labute approximate surface area is 159 Å². The fourth-order valence-electron chi connectivity index (χ4n) is 2.76. The van der Waals surface area contributed by atoms with Crippen molar-refractivity contribution in [1.82, 2.24) is 9.97 Å². The van der Waals surface area contributed by atoms with E-state index in [-0.39, 0.29) is 11.8 Å². The standard InChI is InChI=1S/C20H16N4O2S/c1-12(25)21-14-6-4-7-15(10-14)22-19(26)18-11-27-20(24-18)17-9-13-5-2-3-8-16(13)23-17/h2-11,23H,1H3,(H,21,25)(H,22,26). The number of benzene rings is 2. The molecule has 6 nitrogen and oxygen atoms in total. The van der Waals surface area contributed by atoms with Gasteiger partial charge in [0.25, 0.3) is 5.91 Å². The highest BCUT2D eigenvalue weighted by Crippen LogP contribution is 2.27. The van der Waals surface area contributed by atoms with E-state index in [2.05, 4.69) is 20.6 Å². The van der Waals surface area contributed by atoms with Gasteiger partial charge < -0.3 is 15.6 Å². The third kappa shape index (κ3) is 3.73. The number of hydrogen-bond acceptors (Lipinski definition) is 4. The van der Waals surface area contributed by atoms with Crippen LogP contribution in [-0.4, -0.2) is 21.8 Å². The summed E-state index contributed by atoms with van der Waals surface area (Å²) in [5.41, 5.74) is 3.47. The van der Waals surface area contributed by atoms with Gasteiger partial charge in [-0.25, -0.2) is 4.98 Å². The zero-order valence-electron chi connectivity index (χ0n) is 14.4. The third-order valence-corrected chi connectivity index (χ3v) is 4.81. The molecule has 3 N–H and O–H groups in total. The molecule has 0 saturated heterocycles. The molecule has 2 amide bonds. The van der Waals surface area contributed by atoms with Gasteiger partial charge in [-0.15, -0.1) is 11.3 Å². The summed E-state index contributed by atoms with van der Waals surface area (Å²) in [5, 5.41) is 9.08. The van der Waals surface area contributed by atoms with Gasteiger partial charge in [0.15, 0.2) is 0 Å². The minimum Gasteiger partial charge on any atom is -0.353 e. The molecule has 0 saturated carbocycles. The molecule has 4 aromatic rings. The molecular formula is C20H16N4O2S. The molecule has 0 aliphatic heterocycles. The number of nitrogens with one attached hydrogen (secondary N) is 3. The Hall–Kier alpha value is -3.45. The summed E-state index contributed by atoms with van der Waals surface area (Å²) in [6, 6.07) is 17.0. The first-order valence-corrected chi connectivity index (χ1v) is 9.19. The van der Waals surface area contributed by atoms with Crippen LogP contribution in [0.5, 0.6) is 0 Å². The number of amides is 2. The minimum absolute atomic E-state index is 0.166. The Morgan fingerprint density at radius 2 is 1.78 bits per heavy atom. The van der Waals surface area contributed by atoms with Crippen molar-refractivity contribution in [3.63, 3.8) is 0 Å². The number of thiazole rings is 1. The Bertz CT molecular complexity index is 1110. The van der Waals surface area contributed by atoms with E-state index in [1.165, 1.54) is 18.3 Å². The second kappa shape index (κ2) is 7.05. The molecule has 0 radical (unpaired) electrons. The lowest BCUT2D eigenvalue weighted by Gasteiger charge is -2.06. The van der Waals surface area contributed by atoms with Crippen LogP contribution in [-0.2, 0) is 4.79 Å². The maximum absolute atomic E-state index is 12.5. The highest BCUT2D eigenvalue weighted by Gasteiger charge is 2.14. The van der Waals surface area contributed by atoms with Crippen LogP contribution in [0.1, 0.15) is 17.4 Å². The highest BCUT2D eigenvalue weighted by atomic mass is 32.1. The van der Waals surface area contributed by atoms with E-state index in [1.54, 1.807) is 29.6 Å². The van der Waals surface area contributed by atoms with Gasteiger partial charge in [0.05, 0.1) is 5.69 Å². The number of aromatic nitrogens is 2. The van der Waals surface area contributed by atoms with Gasteiger partial charge in [-0.05, 0) is 30.3 Å². The van der Waals surface area contributed by atoms with E-state index in [0.717, 1.165) is 21.6 Å². The molecular weight excluding hydrogens is 360 g/mol. The summed E-state index contributed by atoms with van der Waals surface area (Å²) in [6.07, 6.45) is 0. The largest absolute Gasteiger partial charge is 0.353 e. The number of para-hydroxylation sites is 1. The Kier molecular flexibility index (Phi) is 4.43. The van der Waals surface area contributed by atoms with Crippen LogP contribution >= 0.6 is 11.3 Å². The molecule has 134 valence electrons. The maximum Gasteiger partial charge on any atom is 0.275 e. The van der Waals surface area contributed by atoms with Crippen LogP contribution in [0.25, 0.3) is 21.6 Å². The van der Waals surface area contributed by atoms with Gasteiger partial charge in [0.2, 0.25) is 5.91 Å². The summed E-state index contributed by atoms with van der Waals surface area (Å²) in [4.78, 5) is 31.4. The van der Waals surface area contributed by atoms with Gasteiger partial charge in [0.1, 0.15) is 10.7 Å². The molecule has 2 aromatic carbocycles. The van der Waals surface area contributed by atoms with Crippen molar-refractivity contribution in [3.05, 3.63) is 65.7 Å². The van der Waals surface area contributed by atoms with Gasteiger partial charge in [0, 0.05) is 34.6 Å². The number of carbonyl (C=O) groups is 2. The highest BCUT2D eigenvalue weighted by molar-refractivity contribution is 7.13. The summed E-state index contributed by atoms with van der Waals surface area (Å²) < 4.78 is 0. The molecule has 0 aliphatic rings. The minimum atomic E-state index is -0.298. The monoisotopic (exact) mass is 376 g/mol. The lowest BCUT2D eigenvalue weighted by atomic mass is 10.2. The van der Waals surface area contributed by atoms with Crippen molar-refractivity contribution in [3.8, 4) is 10.7 Å². The van der Waals surface area contributed by atoms with E-state index >= 15 is 0 Å². The van der Waals surface area contributed by atoms with Crippen LogP contribution in [0.2, 0.25) is 0 Å². The van der Waals surface area contributed by atoms with Gasteiger partial charge in [-0.1, -0.05) is 24.3 Å². The molecule has 0 unspecified atom stereocenters. The van der Waals surface area contributed by atoms with Crippen molar-refractivity contribution in [2.45, 2.75) is 6.92 Å². The van der Waals surface area contributed by atoms with E-state index in [0.29, 0.717) is 17.1 Å². The Balaban J connectivity index is 1.52. The molecule has 0 fully saturated rings. The number of nitrogens with zero attached hydrogens (tertiary/aromatic N) is 1. The predicted molar refractivity (Wildman–Crippen MR) is 108 cm³/mol. The number of aromatic amines is 1. The summed E-state index contributed by atoms with van der Waals surface area (Å²) in [6.45, 7) is 1.44. The predicted octanol–water partition coefficient (Wildman–Crippen LogP) is 4.50. The Morgan fingerprint density at radius 1 is 1.00 bits per heavy atom. The molecule has 0 atom stereocenters. The van der Waals surface area contributed by atoms with Crippen LogP contribution < -0.4 is 10.6 Å². The smallest absolute Gasteiger partial charge is 0.275 e. The average molecular weight is 376 g/mol. The van der Waals surface area contributed by atoms with Crippen LogP contribution in [0.3, 0.4) is 0 Å². The van der Waals surface area contributed by atoms with Gasteiger partial charge >= 0.3 is 0 Å². The zero-order valence-corrected chi connectivity index (χ0v) is 15.3. The third-order valence-electron chi connectivity index (χ3n) is 3.94. The van der Waals surface area contributed by atoms with Crippen LogP contribution in [0, 0.1) is 0 Å². The van der Waals surface area contributed by atoms with E-state index in [4.69, 9.17) is 0 Å². The first-order chi connectivity index (χ1) is 13.1. The fourth-order valence-corrected chi connectivity index (χ4v) is 3.53. The van der Waals surface area contributed by atoms with Crippen molar-refractivity contribution < 1.29 is 9.59 Å². The first-order valence-electron chi connectivity index (χ1n) is 8.31. The molecule has 0 bridgehead atoms. The number of rotatable bonds is 4. The molecule has 2 aromatic heterocycles. The average Bonchev–Trinajstić information content (AvgIpc) is 3.28. The Morgan fingerprint density at radius 3 is 2.56 bits per heavy atom. The molecule has 0 aliphatic carbocycles. The quantitative estimate of drug-likeness (QED) is 0.490. The summed E-state index contributed by atoms with van der Waals surface area (Å²) in [7, 11) is 0. The number of H-pyrrole nitrogens is 1. The maximum atomic E-state index is 12.5.